The lowest BCUT2D eigenvalue weighted by Gasteiger charge is -2.22. The van der Waals surface area contributed by atoms with Crippen LogP contribution < -0.4 is 10.6 Å². The van der Waals surface area contributed by atoms with Gasteiger partial charge < -0.3 is 15.7 Å². The number of benzene rings is 1. The topological polar surface area (TPSA) is 83.6 Å². The Hall–Kier alpha value is -2.37. The molecule has 3 N–H and O–H groups in total. The lowest BCUT2D eigenvalue weighted by molar-refractivity contribution is -0.131. The van der Waals surface area contributed by atoms with Gasteiger partial charge in [-0.25, -0.2) is 9.18 Å². The summed E-state index contributed by atoms with van der Waals surface area (Å²) in [4.78, 5) is 22.7. The van der Waals surface area contributed by atoms with E-state index in [1.807, 2.05) is 0 Å². The Kier molecular flexibility index (Phi) is 5.05. The summed E-state index contributed by atoms with van der Waals surface area (Å²) in [5.74, 6) is -2.18. The van der Waals surface area contributed by atoms with Crippen molar-refractivity contribution in [1.82, 2.24) is 0 Å². The smallest absolute Gasteiger partial charge is 0.328 e. The first kappa shape index (κ1) is 14.7. The highest BCUT2D eigenvalue weighted by molar-refractivity contribution is 5.85. The molecule has 0 aliphatic rings. The third-order valence-electron chi connectivity index (χ3n) is 2.46. The molecule has 1 amide bonds. The van der Waals surface area contributed by atoms with Crippen molar-refractivity contribution in [2.75, 3.05) is 18.0 Å². The number of amides is 1. The first-order chi connectivity index (χ1) is 8.93. The van der Waals surface area contributed by atoms with Crippen molar-refractivity contribution in [3.8, 4) is 0 Å². The average Bonchev–Trinajstić information content (AvgIpc) is 2.33. The van der Waals surface area contributed by atoms with Gasteiger partial charge in [-0.2, -0.15) is 0 Å². The highest BCUT2D eigenvalue weighted by atomic mass is 19.1. The van der Waals surface area contributed by atoms with Gasteiger partial charge in [-0.3, -0.25) is 4.79 Å². The first-order valence-electron chi connectivity index (χ1n) is 5.67. The Morgan fingerprint density at radius 1 is 1.47 bits per heavy atom. The number of carboxylic acid groups (broad SMARTS) is 1. The van der Waals surface area contributed by atoms with Crippen LogP contribution in [0.1, 0.15) is 12.5 Å². The number of carboxylic acids is 1. The third-order valence-corrected chi connectivity index (χ3v) is 2.46. The molecule has 5 nitrogen and oxygen atoms in total. The molecule has 0 bridgehead atoms. The molecular formula is C13H15FN2O3. The molecule has 0 radical (unpaired) electrons. The number of likely N-dealkylation sites (N-methyl/N-ethyl adjacent to an activating group) is 1. The minimum absolute atomic E-state index is 0.0717. The number of hydrogen-bond donors (Lipinski definition) is 2. The zero-order chi connectivity index (χ0) is 14.4. The quantitative estimate of drug-likeness (QED) is 0.759. The van der Waals surface area contributed by atoms with E-state index in [9.17, 15) is 14.0 Å². The number of rotatable bonds is 6. The van der Waals surface area contributed by atoms with Crippen molar-refractivity contribution >= 4 is 23.6 Å². The van der Waals surface area contributed by atoms with Gasteiger partial charge in [0.25, 0.3) is 0 Å². The van der Waals surface area contributed by atoms with Gasteiger partial charge in [-0.05, 0) is 30.7 Å². The maximum Gasteiger partial charge on any atom is 0.328 e. The number of halogens is 1. The van der Waals surface area contributed by atoms with Crippen LogP contribution in [-0.4, -0.2) is 30.1 Å². The second kappa shape index (κ2) is 6.53. The van der Waals surface area contributed by atoms with Crippen molar-refractivity contribution in [2.24, 2.45) is 5.73 Å². The van der Waals surface area contributed by atoms with Crippen molar-refractivity contribution < 1.29 is 19.1 Å². The van der Waals surface area contributed by atoms with E-state index in [0.29, 0.717) is 12.1 Å². The lowest BCUT2D eigenvalue weighted by atomic mass is 10.1. The Morgan fingerprint density at radius 3 is 2.63 bits per heavy atom. The average molecular weight is 266 g/mol. The Bertz CT molecular complexity index is 515. The first-order valence-corrected chi connectivity index (χ1v) is 5.67. The van der Waals surface area contributed by atoms with Gasteiger partial charge in [0.2, 0.25) is 5.91 Å². The SMILES string of the molecule is CCN(CC(N)=O)c1ccc(/C=C/C(=O)O)cc1F. The molecule has 0 fully saturated rings. The second-order valence-electron chi connectivity index (χ2n) is 3.86. The molecule has 1 rings (SSSR count). The lowest BCUT2D eigenvalue weighted by Crippen LogP contribution is -2.34. The van der Waals surface area contributed by atoms with Crippen LogP contribution in [0.3, 0.4) is 0 Å². The maximum absolute atomic E-state index is 13.9. The monoisotopic (exact) mass is 266 g/mol. The van der Waals surface area contributed by atoms with Crippen molar-refractivity contribution in [1.29, 1.82) is 0 Å². The number of anilines is 1. The molecular weight excluding hydrogens is 251 g/mol. The van der Waals surface area contributed by atoms with Crippen molar-refractivity contribution in [3.05, 3.63) is 35.7 Å². The number of primary amides is 1. The zero-order valence-electron chi connectivity index (χ0n) is 10.5. The number of carbonyl (C=O) groups is 2. The summed E-state index contributed by atoms with van der Waals surface area (Å²) in [5, 5.41) is 8.48. The summed E-state index contributed by atoms with van der Waals surface area (Å²) in [6.07, 6.45) is 2.22. The number of nitrogens with two attached hydrogens (primary N) is 1. The summed E-state index contributed by atoms with van der Waals surface area (Å²) >= 11 is 0. The predicted octanol–water partition coefficient (Wildman–Crippen LogP) is 1.24. The molecule has 0 heterocycles. The summed E-state index contributed by atoms with van der Waals surface area (Å²) in [7, 11) is 0. The molecule has 0 aromatic heterocycles. The molecule has 0 aliphatic carbocycles. The normalized spacial score (nSPS) is 10.6. The fourth-order valence-corrected chi connectivity index (χ4v) is 1.61. The molecule has 0 aliphatic heterocycles. The van der Waals surface area contributed by atoms with Crippen LogP contribution in [0.15, 0.2) is 24.3 Å². The van der Waals surface area contributed by atoms with Crippen molar-refractivity contribution in [2.45, 2.75) is 6.92 Å². The molecule has 0 spiro atoms. The molecule has 1 aromatic carbocycles. The largest absolute Gasteiger partial charge is 0.478 e. The summed E-state index contributed by atoms with van der Waals surface area (Å²) < 4.78 is 13.9. The number of hydrogen-bond acceptors (Lipinski definition) is 3. The third kappa shape index (κ3) is 4.42. The van der Waals surface area contributed by atoms with Crippen LogP contribution in [-0.2, 0) is 9.59 Å². The standard InChI is InChI=1S/C13H15FN2O3/c1-2-16(8-12(15)17)11-5-3-9(7-10(11)14)4-6-13(18)19/h3-7H,2,8H2,1H3,(H2,15,17)(H,18,19)/b6-4+. The van der Waals surface area contributed by atoms with Gasteiger partial charge in [0.05, 0.1) is 12.2 Å². The molecule has 0 saturated heterocycles. The van der Waals surface area contributed by atoms with E-state index in [2.05, 4.69) is 0 Å². The second-order valence-corrected chi connectivity index (χ2v) is 3.86. The summed E-state index contributed by atoms with van der Waals surface area (Å²) in [5.41, 5.74) is 5.78. The fourth-order valence-electron chi connectivity index (χ4n) is 1.61. The molecule has 102 valence electrons. The van der Waals surface area contributed by atoms with Crippen LogP contribution in [0.4, 0.5) is 10.1 Å². The zero-order valence-corrected chi connectivity index (χ0v) is 10.5. The predicted molar refractivity (Wildman–Crippen MR) is 70.2 cm³/mol. The number of carbonyl (C=O) groups excluding carboxylic acids is 1. The van der Waals surface area contributed by atoms with E-state index in [1.54, 1.807) is 13.0 Å². The molecule has 0 saturated carbocycles. The highest BCUT2D eigenvalue weighted by Gasteiger charge is 2.12. The van der Waals surface area contributed by atoms with E-state index in [-0.39, 0.29) is 12.2 Å². The Morgan fingerprint density at radius 2 is 2.16 bits per heavy atom. The van der Waals surface area contributed by atoms with Crippen LogP contribution in [0, 0.1) is 5.82 Å². The Labute approximate surface area is 110 Å². The molecule has 0 atom stereocenters. The van der Waals surface area contributed by atoms with Gasteiger partial charge in [-0.15, -0.1) is 0 Å². The van der Waals surface area contributed by atoms with E-state index >= 15 is 0 Å². The van der Waals surface area contributed by atoms with E-state index in [0.717, 1.165) is 6.08 Å². The van der Waals surface area contributed by atoms with Crippen molar-refractivity contribution in [3.63, 3.8) is 0 Å². The molecule has 19 heavy (non-hydrogen) atoms. The minimum atomic E-state index is -1.10. The van der Waals surface area contributed by atoms with Crippen LogP contribution in [0.2, 0.25) is 0 Å². The van der Waals surface area contributed by atoms with Gasteiger partial charge >= 0.3 is 5.97 Å². The van der Waals surface area contributed by atoms with E-state index in [1.165, 1.54) is 23.1 Å². The highest BCUT2D eigenvalue weighted by Crippen LogP contribution is 2.20. The number of nitrogens with zero attached hydrogens (tertiary/aromatic N) is 1. The van der Waals surface area contributed by atoms with Gasteiger partial charge in [0, 0.05) is 12.6 Å². The van der Waals surface area contributed by atoms with Gasteiger partial charge in [-0.1, -0.05) is 6.07 Å². The molecule has 0 unspecified atom stereocenters. The van der Waals surface area contributed by atoms with E-state index < -0.39 is 17.7 Å². The fraction of sp³-hybridized carbons (Fsp3) is 0.231. The van der Waals surface area contributed by atoms with E-state index in [4.69, 9.17) is 10.8 Å². The van der Waals surface area contributed by atoms with Gasteiger partial charge in [0.1, 0.15) is 5.82 Å². The molecule has 1 aromatic rings. The van der Waals surface area contributed by atoms with Crippen LogP contribution >= 0.6 is 0 Å². The minimum Gasteiger partial charge on any atom is -0.478 e. The van der Waals surface area contributed by atoms with Crippen LogP contribution in [0.5, 0.6) is 0 Å². The van der Waals surface area contributed by atoms with Gasteiger partial charge in [0.15, 0.2) is 0 Å². The summed E-state index contributed by atoms with van der Waals surface area (Å²) in [6.45, 7) is 2.14. The molecule has 6 heteroatoms. The number of aliphatic carboxylic acids is 1. The summed E-state index contributed by atoms with van der Waals surface area (Å²) in [6, 6.07) is 4.27. The Balaban J connectivity index is 2.98. The maximum atomic E-state index is 13.9. The van der Waals surface area contributed by atoms with Crippen LogP contribution in [0.25, 0.3) is 6.08 Å².